The fourth-order valence-corrected chi connectivity index (χ4v) is 2.38. The summed E-state index contributed by atoms with van der Waals surface area (Å²) < 4.78 is 1.09. The van der Waals surface area contributed by atoms with E-state index in [1.807, 2.05) is 13.0 Å². The van der Waals surface area contributed by atoms with E-state index in [1.54, 1.807) is 12.1 Å². The molecule has 0 heterocycles. The average molecular weight is 320 g/mol. The van der Waals surface area contributed by atoms with Gasteiger partial charge in [0.2, 0.25) is 0 Å². The third kappa shape index (κ3) is 3.51. The van der Waals surface area contributed by atoms with Gasteiger partial charge in [0.1, 0.15) is 5.75 Å². The van der Waals surface area contributed by atoms with Gasteiger partial charge in [-0.2, -0.15) is 0 Å². The third-order valence-corrected chi connectivity index (χ3v) is 3.75. The van der Waals surface area contributed by atoms with Crippen molar-refractivity contribution in [3.05, 3.63) is 58.1 Å². The van der Waals surface area contributed by atoms with Crippen LogP contribution in [-0.4, -0.2) is 5.11 Å². The second-order valence-corrected chi connectivity index (χ2v) is 5.57. The Kier molecular flexibility index (Phi) is 4.48. The standard InChI is InChI=1S/C16H18BrNO/c1-3-15(12-4-6-13(17)7-5-12)18-16-9-8-14(19)10-11(16)2/h4-10,15,18-19H,3H2,1-2H3. The summed E-state index contributed by atoms with van der Waals surface area (Å²) in [5, 5.41) is 13.0. The zero-order valence-corrected chi connectivity index (χ0v) is 12.7. The quantitative estimate of drug-likeness (QED) is 0.775. The number of benzene rings is 2. The number of anilines is 1. The maximum atomic E-state index is 9.44. The topological polar surface area (TPSA) is 32.3 Å². The summed E-state index contributed by atoms with van der Waals surface area (Å²) in [7, 11) is 0. The first-order valence-corrected chi connectivity index (χ1v) is 7.21. The molecule has 0 fully saturated rings. The summed E-state index contributed by atoms with van der Waals surface area (Å²) in [6.45, 7) is 4.16. The van der Waals surface area contributed by atoms with E-state index < -0.39 is 0 Å². The fourth-order valence-electron chi connectivity index (χ4n) is 2.11. The van der Waals surface area contributed by atoms with Crippen LogP contribution in [0.4, 0.5) is 5.69 Å². The summed E-state index contributed by atoms with van der Waals surface area (Å²) in [4.78, 5) is 0. The van der Waals surface area contributed by atoms with E-state index in [-0.39, 0.29) is 6.04 Å². The van der Waals surface area contributed by atoms with Gasteiger partial charge in [-0.15, -0.1) is 0 Å². The smallest absolute Gasteiger partial charge is 0.115 e. The Balaban J connectivity index is 2.21. The van der Waals surface area contributed by atoms with Crippen LogP contribution in [0.3, 0.4) is 0 Å². The van der Waals surface area contributed by atoms with Crippen LogP contribution < -0.4 is 5.32 Å². The van der Waals surface area contributed by atoms with Crippen LogP contribution in [0.5, 0.6) is 5.75 Å². The molecule has 0 aliphatic heterocycles. The van der Waals surface area contributed by atoms with Gasteiger partial charge >= 0.3 is 0 Å². The van der Waals surface area contributed by atoms with Crippen LogP contribution in [-0.2, 0) is 0 Å². The molecule has 2 N–H and O–H groups in total. The molecule has 0 aliphatic rings. The second kappa shape index (κ2) is 6.11. The third-order valence-electron chi connectivity index (χ3n) is 3.22. The molecule has 2 aromatic rings. The molecule has 1 unspecified atom stereocenters. The Bertz CT molecular complexity index is 551. The number of phenolic OH excluding ortho intramolecular Hbond substituents is 1. The first-order chi connectivity index (χ1) is 9.10. The highest BCUT2D eigenvalue weighted by Crippen LogP contribution is 2.27. The Morgan fingerprint density at radius 3 is 2.42 bits per heavy atom. The van der Waals surface area contributed by atoms with E-state index in [2.05, 4.69) is 52.4 Å². The van der Waals surface area contributed by atoms with Crippen LogP contribution >= 0.6 is 15.9 Å². The van der Waals surface area contributed by atoms with Gasteiger partial charge in [0.15, 0.2) is 0 Å². The molecule has 2 nitrogen and oxygen atoms in total. The van der Waals surface area contributed by atoms with Gasteiger partial charge in [-0.25, -0.2) is 0 Å². The number of hydrogen-bond acceptors (Lipinski definition) is 2. The summed E-state index contributed by atoms with van der Waals surface area (Å²) in [5.74, 6) is 0.305. The van der Waals surface area contributed by atoms with Crippen LogP contribution in [0, 0.1) is 6.92 Å². The SMILES string of the molecule is CCC(Nc1ccc(O)cc1C)c1ccc(Br)cc1. The van der Waals surface area contributed by atoms with Crippen LogP contribution in [0.1, 0.15) is 30.5 Å². The Labute approximate surface area is 122 Å². The molecule has 3 heteroatoms. The van der Waals surface area contributed by atoms with Crippen molar-refractivity contribution in [2.45, 2.75) is 26.3 Å². The molecule has 0 spiro atoms. The largest absolute Gasteiger partial charge is 0.508 e. The van der Waals surface area contributed by atoms with Crippen molar-refractivity contribution in [3.63, 3.8) is 0 Å². The molecule has 100 valence electrons. The second-order valence-electron chi connectivity index (χ2n) is 4.66. The van der Waals surface area contributed by atoms with Gasteiger partial charge in [0.05, 0.1) is 6.04 Å². The minimum absolute atomic E-state index is 0.274. The van der Waals surface area contributed by atoms with E-state index in [4.69, 9.17) is 0 Å². The highest BCUT2D eigenvalue weighted by Gasteiger charge is 2.10. The molecule has 19 heavy (non-hydrogen) atoms. The molecule has 0 aliphatic carbocycles. The zero-order valence-electron chi connectivity index (χ0n) is 11.2. The minimum Gasteiger partial charge on any atom is -0.508 e. The summed E-state index contributed by atoms with van der Waals surface area (Å²) >= 11 is 3.45. The lowest BCUT2D eigenvalue weighted by Gasteiger charge is -2.20. The van der Waals surface area contributed by atoms with Gasteiger partial charge in [0.25, 0.3) is 0 Å². The van der Waals surface area contributed by atoms with Crippen molar-refractivity contribution in [3.8, 4) is 5.75 Å². The normalized spacial score (nSPS) is 12.2. The first kappa shape index (κ1) is 13.9. The number of rotatable bonds is 4. The van der Waals surface area contributed by atoms with Crippen molar-refractivity contribution < 1.29 is 5.11 Å². The van der Waals surface area contributed by atoms with Crippen molar-refractivity contribution in [1.82, 2.24) is 0 Å². The molecule has 0 amide bonds. The molecule has 0 saturated carbocycles. The molecular weight excluding hydrogens is 302 g/mol. The zero-order chi connectivity index (χ0) is 13.8. The molecule has 0 bridgehead atoms. The van der Waals surface area contributed by atoms with E-state index >= 15 is 0 Å². The summed E-state index contributed by atoms with van der Waals surface area (Å²) in [6.07, 6.45) is 1.00. The van der Waals surface area contributed by atoms with Crippen molar-refractivity contribution in [1.29, 1.82) is 0 Å². The van der Waals surface area contributed by atoms with Gasteiger partial charge < -0.3 is 10.4 Å². The van der Waals surface area contributed by atoms with Crippen LogP contribution in [0.25, 0.3) is 0 Å². The van der Waals surface area contributed by atoms with Gasteiger partial charge in [-0.05, 0) is 54.8 Å². The van der Waals surface area contributed by atoms with Crippen molar-refractivity contribution in [2.24, 2.45) is 0 Å². The lowest BCUT2D eigenvalue weighted by atomic mass is 10.0. The van der Waals surface area contributed by atoms with E-state index in [9.17, 15) is 5.11 Å². The average Bonchev–Trinajstić information content (AvgIpc) is 2.39. The lowest BCUT2D eigenvalue weighted by Crippen LogP contribution is -2.10. The van der Waals surface area contributed by atoms with Crippen molar-refractivity contribution in [2.75, 3.05) is 5.32 Å². The lowest BCUT2D eigenvalue weighted by molar-refractivity contribution is 0.475. The maximum absolute atomic E-state index is 9.44. The Morgan fingerprint density at radius 1 is 1.16 bits per heavy atom. The molecule has 0 saturated heterocycles. The van der Waals surface area contributed by atoms with Gasteiger partial charge in [0, 0.05) is 10.2 Å². The number of hydrogen-bond donors (Lipinski definition) is 2. The number of halogens is 1. The predicted molar refractivity (Wildman–Crippen MR) is 83.6 cm³/mol. The number of aryl methyl sites for hydroxylation is 1. The monoisotopic (exact) mass is 319 g/mol. The molecule has 2 aromatic carbocycles. The fraction of sp³-hybridized carbons (Fsp3) is 0.250. The predicted octanol–water partition coefficient (Wildman–Crippen LogP) is 5.03. The summed E-state index contributed by atoms with van der Waals surface area (Å²) in [6, 6.07) is 14.1. The first-order valence-electron chi connectivity index (χ1n) is 6.41. The number of nitrogens with one attached hydrogen (secondary N) is 1. The molecule has 0 aromatic heterocycles. The van der Waals surface area contributed by atoms with E-state index in [1.165, 1.54) is 5.56 Å². The highest BCUT2D eigenvalue weighted by atomic mass is 79.9. The Hall–Kier alpha value is -1.48. The highest BCUT2D eigenvalue weighted by molar-refractivity contribution is 9.10. The van der Waals surface area contributed by atoms with E-state index in [0.29, 0.717) is 5.75 Å². The van der Waals surface area contributed by atoms with Crippen LogP contribution in [0.2, 0.25) is 0 Å². The maximum Gasteiger partial charge on any atom is 0.115 e. The number of phenols is 1. The Morgan fingerprint density at radius 2 is 1.84 bits per heavy atom. The number of aromatic hydroxyl groups is 1. The minimum atomic E-state index is 0.274. The van der Waals surface area contributed by atoms with Crippen molar-refractivity contribution >= 4 is 21.6 Å². The molecule has 1 atom stereocenters. The molecule has 2 rings (SSSR count). The van der Waals surface area contributed by atoms with Gasteiger partial charge in [-0.3, -0.25) is 0 Å². The molecule has 0 radical (unpaired) electrons. The summed E-state index contributed by atoms with van der Waals surface area (Å²) in [5.41, 5.74) is 3.38. The van der Waals surface area contributed by atoms with Gasteiger partial charge in [-0.1, -0.05) is 35.0 Å². The van der Waals surface area contributed by atoms with E-state index in [0.717, 1.165) is 22.1 Å². The molecular formula is C16H18BrNO. The van der Waals surface area contributed by atoms with Crippen LogP contribution in [0.15, 0.2) is 46.9 Å².